The van der Waals surface area contributed by atoms with E-state index in [1.165, 1.54) is 32.6 Å². The van der Waals surface area contributed by atoms with Gasteiger partial charge in [0.15, 0.2) is 5.82 Å². The number of ether oxygens (including phenoxy) is 1. The average molecular weight is 224 g/mol. The number of aromatic nitrogens is 2. The highest BCUT2D eigenvalue weighted by Crippen LogP contribution is 1.96. The van der Waals surface area contributed by atoms with Crippen LogP contribution < -0.4 is 10.6 Å². The van der Waals surface area contributed by atoms with Crippen molar-refractivity contribution in [3.8, 4) is 0 Å². The van der Waals surface area contributed by atoms with Gasteiger partial charge in [-0.3, -0.25) is 10.3 Å². The summed E-state index contributed by atoms with van der Waals surface area (Å²) in [5.41, 5.74) is 0. The van der Waals surface area contributed by atoms with Gasteiger partial charge in [-0.2, -0.15) is 0 Å². The molecule has 0 fully saturated rings. The van der Waals surface area contributed by atoms with Gasteiger partial charge in [-0.05, 0) is 6.92 Å². The van der Waals surface area contributed by atoms with Gasteiger partial charge in [0, 0.05) is 12.4 Å². The first-order valence-corrected chi connectivity index (χ1v) is 4.55. The summed E-state index contributed by atoms with van der Waals surface area (Å²) >= 11 is 0. The molecule has 2 amide bonds. The fourth-order valence-corrected chi connectivity index (χ4v) is 0.948. The molecule has 7 nitrogen and oxygen atoms in total. The minimum atomic E-state index is -0.721. The van der Waals surface area contributed by atoms with Gasteiger partial charge in [-0.1, -0.05) is 0 Å². The number of rotatable bonds is 3. The monoisotopic (exact) mass is 224 g/mol. The van der Waals surface area contributed by atoms with Crippen molar-refractivity contribution in [1.29, 1.82) is 0 Å². The Kier molecular flexibility index (Phi) is 4.19. The molecule has 7 heteroatoms. The molecule has 0 spiro atoms. The van der Waals surface area contributed by atoms with E-state index >= 15 is 0 Å². The van der Waals surface area contributed by atoms with Crippen LogP contribution in [0.3, 0.4) is 0 Å². The molecular formula is C9H12N4O3. The highest BCUT2D eigenvalue weighted by Gasteiger charge is 2.15. The van der Waals surface area contributed by atoms with Gasteiger partial charge in [-0.15, -0.1) is 0 Å². The van der Waals surface area contributed by atoms with Crippen LogP contribution in [0, 0.1) is 0 Å². The van der Waals surface area contributed by atoms with E-state index in [9.17, 15) is 9.59 Å². The zero-order valence-corrected chi connectivity index (χ0v) is 8.93. The maximum Gasteiger partial charge on any atom is 0.328 e. The largest absolute Gasteiger partial charge is 0.467 e. The van der Waals surface area contributed by atoms with Crippen molar-refractivity contribution in [3.63, 3.8) is 0 Å². The number of carbonyl (C=O) groups excluding carboxylic acids is 2. The second kappa shape index (κ2) is 5.64. The van der Waals surface area contributed by atoms with E-state index in [1.54, 1.807) is 0 Å². The third kappa shape index (κ3) is 3.52. The zero-order valence-electron chi connectivity index (χ0n) is 8.93. The van der Waals surface area contributed by atoms with Crippen molar-refractivity contribution in [1.82, 2.24) is 15.3 Å². The molecular weight excluding hydrogens is 212 g/mol. The van der Waals surface area contributed by atoms with Gasteiger partial charge in [-0.25, -0.2) is 14.6 Å². The van der Waals surface area contributed by atoms with Gasteiger partial charge in [0.2, 0.25) is 0 Å². The van der Waals surface area contributed by atoms with E-state index in [-0.39, 0.29) is 0 Å². The van der Waals surface area contributed by atoms with Gasteiger partial charge in [0.25, 0.3) is 0 Å². The SMILES string of the molecule is COC(=O)C(C)NC(=O)Nc1cnccn1. The molecule has 0 aliphatic rings. The molecule has 0 aliphatic heterocycles. The highest BCUT2D eigenvalue weighted by molar-refractivity contribution is 5.91. The molecule has 1 atom stereocenters. The quantitative estimate of drug-likeness (QED) is 0.713. The van der Waals surface area contributed by atoms with Crippen molar-refractivity contribution in [3.05, 3.63) is 18.6 Å². The lowest BCUT2D eigenvalue weighted by molar-refractivity contribution is -0.142. The summed E-state index contributed by atoms with van der Waals surface area (Å²) in [6.07, 6.45) is 4.32. The van der Waals surface area contributed by atoms with Crippen LogP contribution in [0.4, 0.5) is 10.6 Å². The van der Waals surface area contributed by atoms with Gasteiger partial charge in [0.1, 0.15) is 6.04 Å². The van der Waals surface area contributed by atoms with Crippen LogP contribution in [0.2, 0.25) is 0 Å². The van der Waals surface area contributed by atoms with Crippen molar-refractivity contribution in [2.24, 2.45) is 0 Å². The van der Waals surface area contributed by atoms with Crippen LogP contribution in [0.25, 0.3) is 0 Å². The molecule has 2 N–H and O–H groups in total. The van der Waals surface area contributed by atoms with Crippen LogP contribution in [-0.2, 0) is 9.53 Å². The van der Waals surface area contributed by atoms with E-state index < -0.39 is 18.0 Å². The van der Waals surface area contributed by atoms with E-state index in [4.69, 9.17) is 0 Å². The van der Waals surface area contributed by atoms with Gasteiger partial charge < -0.3 is 10.1 Å². The second-order valence-electron chi connectivity index (χ2n) is 2.93. The summed E-state index contributed by atoms with van der Waals surface area (Å²) in [5, 5.41) is 4.81. The lowest BCUT2D eigenvalue weighted by Gasteiger charge is -2.11. The molecule has 16 heavy (non-hydrogen) atoms. The first-order chi connectivity index (χ1) is 7.63. The maximum atomic E-state index is 11.3. The summed E-state index contributed by atoms with van der Waals surface area (Å²) in [7, 11) is 1.25. The molecule has 0 aromatic carbocycles. The van der Waals surface area contributed by atoms with Gasteiger partial charge >= 0.3 is 12.0 Å². The van der Waals surface area contributed by atoms with E-state index in [1.807, 2.05) is 0 Å². The van der Waals surface area contributed by atoms with E-state index in [0.717, 1.165) is 0 Å². The molecule has 1 aromatic rings. The van der Waals surface area contributed by atoms with Crippen LogP contribution in [0.1, 0.15) is 6.92 Å². The summed E-state index contributed by atoms with van der Waals surface area (Å²) in [6, 6.07) is -1.26. The number of carbonyl (C=O) groups is 2. The Morgan fingerprint density at radius 2 is 2.19 bits per heavy atom. The number of amides is 2. The normalized spacial score (nSPS) is 11.4. The number of anilines is 1. The third-order valence-corrected chi connectivity index (χ3v) is 1.71. The maximum absolute atomic E-state index is 11.3. The molecule has 1 heterocycles. The number of hydrogen-bond acceptors (Lipinski definition) is 5. The fraction of sp³-hybridized carbons (Fsp3) is 0.333. The highest BCUT2D eigenvalue weighted by atomic mass is 16.5. The number of nitrogens with one attached hydrogen (secondary N) is 2. The molecule has 86 valence electrons. The number of methoxy groups -OCH3 is 1. The van der Waals surface area contributed by atoms with Crippen molar-refractivity contribution in [2.45, 2.75) is 13.0 Å². The van der Waals surface area contributed by atoms with Crippen LogP contribution in [0.15, 0.2) is 18.6 Å². The smallest absolute Gasteiger partial charge is 0.328 e. The Balaban J connectivity index is 2.45. The zero-order chi connectivity index (χ0) is 12.0. The van der Waals surface area contributed by atoms with E-state index in [0.29, 0.717) is 5.82 Å². The molecule has 0 saturated heterocycles. The Morgan fingerprint density at radius 3 is 2.75 bits per heavy atom. The average Bonchev–Trinajstić information content (AvgIpc) is 2.29. The van der Waals surface area contributed by atoms with Crippen LogP contribution in [0.5, 0.6) is 0 Å². The first kappa shape index (κ1) is 11.9. The van der Waals surface area contributed by atoms with Gasteiger partial charge in [0.05, 0.1) is 13.3 Å². The van der Waals surface area contributed by atoms with Crippen molar-refractivity contribution >= 4 is 17.8 Å². The Hall–Kier alpha value is -2.18. The Labute approximate surface area is 92.2 Å². The Morgan fingerprint density at radius 1 is 1.44 bits per heavy atom. The molecule has 0 aliphatic carbocycles. The summed E-state index contributed by atoms with van der Waals surface area (Å²) in [6.45, 7) is 1.52. The number of nitrogens with zero attached hydrogens (tertiary/aromatic N) is 2. The number of hydrogen-bond donors (Lipinski definition) is 2. The minimum Gasteiger partial charge on any atom is -0.467 e. The fourth-order valence-electron chi connectivity index (χ4n) is 0.948. The Bertz CT molecular complexity index is 368. The number of urea groups is 1. The molecule has 1 aromatic heterocycles. The predicted octanol–water partition coefficient (Wildman–Crippen LogP) is 0.160. The topological polar surface area (TPSA) is 93.2 Å². The predicted molar refractivity (Wildman–Crippen MR) is 55.7 cm³/mol. The van der Waals surface area contributed by atoms with Crippen molar-refractivity contribution in [2.75, 3.05) is 12.4 Å². The lowest BCUT2D eigenvalue weighted by Crippen LogP contribution is -2.41. The molecule has 1 rings (SSSR count). The lowest BCUT2D eigenvalue weighted by atomic mass is 10.3. The summed E-state index contributed by atoms with van der Waals surface area (Å²) < 4.78 is 4.45. The third-order valence-electron chi connectivity index (χ3n) is 1.71. The first-order valence-electron chi connectivity index (χ1n) is 4.55. The number of esters is 1. The molecule has 0 saturated carbocycles. The summed E-state index contributed by atoms with van der Waals surface area (Å²) in [4.78, 5) is 30.0. The van der Waals surface area contributed by atoms with Crippen molar-refractivity contribution < 1.29 is 14.3 Å². The standard InChI is InChI=1S/C9H12N4O3/c1-6(8(14)16-2)12-9(15)13-7-5-10-3-4-11-7/h3-6H,1-2H3,(H2,11,12,13,15). The van der Waals surface area contributed by atoms with Crippen LogP contribution >= 0.6 is 0 Å². The molecule has 1 unspecified atom stereocenters. The van der Waals surface area contributed by atoms with E-state index in [2.05, 4.69) is 25.3 Å². The molecule has 0 bridgehead atoms. The molecule has 0 radical (unpaired) electrons. The second-order valence-corrected chi connectivity index (χ2v) is 2.93. The summed E-state index contributed by atoms with van der Waals surface area (Å²) in [5.74, 6) is -0.216. The van der Waals surface area contributed by atoms with Crippen LogP contribution in [-0.4, -0.2) is 35.1 Å². The minimum absolute atomic E-state index is 0.303.